The minimum Gasteiger partial charge on any atom is -0.361 e. The average molecular weight is 361 g/mol. The fraction of sp³-hybridized carbons (Fsp3) is 0.100. The lowest BCUT2D eigenvalue weighted by Gasteiger charge is -2.16. The maximum atomic E-state index is 13.2. The third-order valence-electron chi connectivity index (χ3n) is 4.28. The predicted octanol–water partition coefficient (Wildman–Crippen LogP) is 3.69. The topological polar surface area (TPSA) is 83.6 Å². The van der Waals surface area contributed by atoms with Crippen LogP contribution in [-0.2, 0) is 0 Å². The molecule has 1 aromatic carbocycles. The molecule has 27 heavy (non-hydrogen) atoms. The molecule has 0 aliphatic heterocycles. The summed E-state index contributed by atoms with van der Waals surface area (Å²) in [5.74, 6) is 0.317. The molecular formula is C20H16FN5O. The SMILES string of the molecule is CC(Nc1ncnc2ncc(-c3ccc(F)cc3)cc12)c1cccc(=O)[nH]1. The number of aromatic nitrogens is 4. The number of nitrogens with one attached hydrogen (secondary N) is 2. The van der Waals surface area contributed by atoms with Gasteiger partial charge in [-0.15, -0.1) is 0 Å². The standard InChI is InChI=1S/C20H16FN5O/c1-12(17-3-2-4-18(27)26-17)25-20-16-9-14(10-22-19(16)23-11-24-20)13-5-7-15(21)8-6-13/h2-12H,1H3,(H,26,27)(H,22,23,24,25). The van der Waals surface area contributed by atoms with E-state index in [9.17, 15) is 9.18 Å². The first kappa shape index (κ1) is 16.8. The highest BCUT2D eigenvalue weighted by Crippen LogP contribution is 2.27. The fourth-order valence-corrected chi connectivity index (χ4v) is 2.86. The number of nitrogens with zero attached hydrogens (tertiary/aromatic N) is 3. The van der Waals surface area contributed by atoms with E-state index >= 15 is 0 Å². The van der Waals surface area contributed by atoms with E-state index in [-0.39, 0.29) is 17.4 Å². The van der Waals surface area contributed by atoms with Crippen LogP contribution in [0.25, 0.3) is 22.2 Å². The van der Waals surface area contributed by atoms with Gasteiger partial charge in [-0.3, -0.25) is 4.79 Å². The van der Waals surface area contributed by atoms with Gasteiger partial charge in [0.2, 0.25) is 5.56 Å². The Morgan fingerprint density at radius 3 is 2.63 bits per heavy atom. The molecule has 1 unspecified atom stereocenters. The van der Waals surface area contributed by atoms with Crippen molar-refractivity contribution in [2.75, 3.05) is 5.32 Å². The summed E-state index contributed by atoms with van der Waals surface area (Å²) in [5.41, 5.74) is 2.82. The fourth-order valence-electron chi connectivity index (χ4n) is 2.86. The molecule has 1 atom stereocenters. The highest BCUT2D eigenvalue weighted by molar-refractivity contribution is 5.89. The van der Waals surface area contributed by atoms with Gasteiger partial charge in [-0.1, -0.05) is 18.2 Å². The normalized spacial score (nSPS) is 12.1. The zero-order chi connectivity index (χ0) is 18.8. The summed E-state index contributed by atoms with van der Waals surface area (Å²) in [4.78, 5) is 27.3. The highest BCUT2D eigenvalue weighted by atomic mass is 19.1. The van der Waals surface area contributed by atoms with E-state index in [0.29, 0.717) is 11.5 Å². The Balaban J connectivity index is 1.73. The van der Waals surface area contributed by atoms with Crippen molar-refractivity contribution in [3.05, 3.63) is 82.9 Å². The average Bonchev–Trinajstić information content (AvgIpc) is 2.68. The molecule has 0 saturated carbocycles. The van der Waals surface area contributed by atoms with Crippen molar-refractivity contribution in [2.24, 2.45) is 0 Å². The zero-order valence-corrected chi connectivity index (χ0v) is 14.5. The van der Waals surface area contributed by atoms with E-state index in [1.807, 2.05) is 19.1 Å². The first-order valence-corrected chi connectivity index (χ1v) is 8.42. The molecule has 7 heteroatoms. The lowest BCUT2D eigenvalue weighted by molar-refractivity contribution is 0.628. The summed E-state index contributed by atoms with van der Waals surface area (Å²) in [5, 5.41) is 4.04. The molecule has 0 radical (unpaired) electrons. The van der Waals surface area contributed by atoms with Gasteiger partial charge in [-0.25, -0.2) is 19.3 Å². The zero-order valence-electron chi connectivity index (χ0n) is 14.5. The number of rotatable bonds is 4. The monoisotopic (exact) mass is 361 g/mol. The van der Waals surface area contributed by atoms with E-state index in [1.54, 1.807) is 24.4 Å². The Morgan fingerprint density at radius 1 is 1.04 bits per heavy atom. The second kappa shape index (κ2) is 6.95. The molecule has 0 amide bonds. The van der Waals surface area contributed by atoms with Crippen LogP contribution in [0.5, 0.6) is 0 Å². The number of anilines is 1. The summed E-state index contributed by atoms with van der Waals surface area (Å²) < 4.78 is 13.2. The molecule has 134 valence electrons. The van der Waals surface area contributed by atoms with E-state index in [2.05, 4.69) is 25.3 Å². The maximum Gasteiger partial charge on any atom is 0.248 e. The van der Waals surface area contributed by atoms with Crippen LogP contribution in [0.15, 0.2) is 65.8 Å². The number of aromatic amines is 1. The van der Waals surface area contributed by atoms with Crippen LogP contribution < -0.4 is 10.9 Å². The predicted molar refractivity (Wildman–Crippen MR) is 102 cm³/mol. The van der Waals surface area contributed by atoms with Crippen molar-refractivity contribution < 1.29 is 4.39 Å². The Hall–Kier alpha value is -3.61. The van der Waals surface area contributed by atoms with Gasteiger partial charge in [-0.2, -0.15) is 0 Å². The van der Waals surface area contributed by atoms with Gasteiger partial charge in [-0.05, 0) is 36.8 Å². The number of hydrogen-bond donors (Lipinski definition) is 2. The molecule has 4 aromatic rings. The number of fused-ring (bicyclic) bond motifs is 1. The van der Waals surface area contributed by atoms with E-state index in [0.717, 1.165) is 22.2 Å². The molecule has 3 heterocycles. The summed E-state index contributed by atoms with van der Waals surface area (Å²) in [6, 6.07) is 13.0. The molecule has 3 aromatic heterocycles. The van der Waals surface area contributed by atoms with Gasteiger partial charge in [0.05, 0.1) is 11.4 Å². The number of hydrogen-bond acceptors (Lipinski definition) is 5. The van der Waals surface area contributed by atoms with Crippen molar-refractivity contribution in [2.45, 2.75) is 13.0 Å². The summed E-state index contributed by atoms with van der Waals surface area (Å²) in [6.07, 6.45) is 3.14. The number of benzene rings is 1. The van der Waals surface area contributed by atoms with Crippen molar-refractivity contribution in [1.82, 2.24) is 19.9 Å². The summed E-state index contributed by atoms with van der Waals surface area (Å²) in [7, 11) is 0. The molecule has 0 fully saturated rings. The van der Waals surface area contributed by atoms with E-state index in [1.165, 1.54) is 24.5 Å². The highest BCUT2D eigenvalue weighted by Gasteiger charge is 2.12. The smallest absolute Gasteiger partial charge is 0.248 e. The number of halogens is 1. The number of H-pyrrole nitrogens is 1. The molecule has 0 saturated heterocycles. The number of pyridine rings is 2. The Kier molecular flexibility index (Phi) is 4.33. The van der Waals surface area contributed by atoms with Crippen LogP contribution in [0.1, 0.15) is 18.7 Å². The Morgan fingerprint density at radius 2 is 1.85 bits per heavy atom. The van der Waals surface area contributed by atoms with E-state index in [4.69, 9.17) is 0 Å². The molecule has 0 spiro atoms. The van der Waals surface area contributed by atoms with Crippen LogP contribution in [0.4, 0.5) is 10.2 Å². The van der Waals surface area contributed by atoms with Gasteiger partial charge in [0.15, 0.2) is 5.65 Å². The molecule has 0 aliphatic rings. The molecule has 2 N–H and O–H groups in total. The second-order valence-corrected chi connectivity index (χ2v) is 6.16. The minimum absolute atomic E-state index is 0.158. The van der Waals surface area contributed by atoms with Crippen molar-refractivity contribution in [1.29, 1.82) is 0 Å². The molecule has 0 bridgehead atoms. The van der Waals surface area contributed by atoms with Gasteiger partial charge < -0.3 is 10.3 Å². The second-order valence-electron chi connectivity index (χ2n) is 6.16. The van der Waals surface area contributed by atoms with E-state index < -0.39 is 0 Å². The molecule has 0 aliphatic carbocycles. The van der Waals surface area contributed by atoms with Crippen LogP contribution in [0.2, 0.25) is 0 Å². The molecule has 6 nitrogen and oxygen atoms in total. The van der Waals surface area contributed by atoms with Crippen LogP contribution in [0.3, 0.4) is 0 Å². The maximum absolute atomic E-state index is 13.2. The quantitative estimate of drug-likeness (QED) is 0.579. The largest absolute Gasteiger partial charge is 0.361 e. The van der Waals surface area contributed by atoms with Gasteiger partial charge >= 0.3 is 0 Å². The lowest BCUT2D eigenvalue weighted by atomic mass is 10.1. The van der Waals surface area contributed by atoms with Crippen LogP contribution in [-0.4, -0.2) is 19.9 Å². The minimum atomic E-state index is -0.288. The van der Waals surface area contributed by atoms with Crippen molar-refractivity contribution in [3.63, 3.8) is 0 Å². The molecule has 4 rings (SSSR count). The van der Waals surface area contributed by atoms with Gasteiger partial charge in [0.1, 0.15) is 18.0 Å². The Bertz CT molecular complexity index is 1160. The third-order valence-corrected chi connectivity index (χ3v) is 4.28. The van der Waals surface area contributed by atoms with Crippen molar-refractivity contribution in [3.8, 4) is 11.1 Å². The summed E-state index contributed by atoms with van der Waals surface area (Å²) in [6.45, 7) is 1.93. The van der Waals surface area contributed by atoms with Crippen LogP contribution >= 0.6 is 0 Å². The van der Waals surface area contributed by atoms with Gasteiger partial charge in [0.25, 0.3) is 0 Å². The third kappa shape index (κ3) is 3.52. The van der Waals surface area contributed by atoms with Crippen molar-refractivity contribution >= 4 is 16.9 Å². The van der Waals surface area contributed by atoms with Crippen LogP contribution in [0, 0.1) is 5.82 Å². The Labute approximate surface area is 154 Å². The first-order valence-electron chi connectivity index (χ1n) is 8.42. The lowest BCUT2D eigenvalue weighted by Crippen LogP contribution is -2.14. The van der Waals surface area contributed by atoms with Gasteiger partial charge in [0, 0.05) is 23.5 Å². The molecular weight excluding hydrogens is 345 g/mol. The summed E-state index contributed by atoms with van der Waals surface area (Å²) >= 11 is 0. The first-order chi connectivity index (χ1) is 13.1.